The van der Waals surface area contributed by atoms with Crippen molar-refractivity contribution >= 4 is 54.3 Å². The average molecular weight is 895 g/mol. The second-order valence-corrected chi connectivity index (χ2v) is 20.0. The molecule has 15 heteroatoms. The number of fused-ring (bicyclic) bond motifs is 8. The molecule has 8 bridgehead atoms. The Morgan fingerprint density at radius 1 is 0.763 bits per heavy atom. The van der Waals surface area contributed by atoms with Crippen LogP contribution in [0.3, 0.4) is 0 Å². The molecule has 0 fully saturated rings. The van der Waals surface area contributed by atoms with Gasteiger partial charge in [-0.05, 0) is 91.7 Å². The summed E-state index contributed by atoms with van der Waals surface area (Å²) < 4.78 is 49.5. The summed E-state index contributed by atoms with van der Waals surface area (Å²) in [7, 11) is -2.93. The van der Waals surface area contributed by atoms with Gasteiger partial charge in [0.2, 0.25) is 5.91 Å². The molecule has 2 unspecified atom stereocenters. The van der Waals surface area contributed by atoms with Crippen molar-refractivity contribution in [2.24, 2.45) is 0 Å². The van der Waals surface area contributed by atoms with Gasteiger partial charge in [-0.2, -0.15) is 0 Å². The van der Waals surface area contributed by atoms with E-state index < -0.39 is 20.6 Å². The van der Waals surface area contributed by atoms with Crippen molar-refractivity contribution in [1.29, 1.82) is 0 Å². The van der Waals surface area contributed by atoms with E-state index in [9.17, 15) is 13.9 Å². The van der Waals surface area contributed by atoms with E-state index in [4.69, 9.17) is 38.0 Å². The molecule has 3 aromatic heterocycles. The number of nitrogens with zero attached hydrogens (tertiary/aromatic N) is 5. The minimum absolute atomic E-state index is 0. The number of hydrogen-bond donors (Lipinski definition) is 0. The molecule has 2 aliphatic heterocycles. The van der Waals surface area contributed by atoms with Gasteiger partial charge in [0.15, 0.2) is 0 Å². The first kappa shape index (κ1) is 48.8. The van der Waals surface area contributed by atoms with Crippen LogP contribution >= 0.6 is 15.2 Å². The van der Waals surface area contributed by atoms with E-state index >= 15 is 0 Å². The fourth-order valence-corrected chi connectivity index (χ4v) is 11.6. The van der Waals surface area contributed by atoms with Crippen LogP contribution in [0.15, 0.2) is 30.3 Å². The zero-order valence-corrected chi connectivity index (χ0v) is 39.5. The fourth-order valence-electron chi connectivity index (χ4n) is 8.26. The van der Waals surface area contributed by atoms with E-state index in [1.165, 1.54) is 0 Å². The molecule has 0 saturated heterocycles. The summed E-state index contributed by atoms with van der Waals surface area (Å²) in [5, 5.41) is 0. The zero-order chi connectivity index (χ0) is 42.4. The Bertz CT molecular complexity index is 2250. The van der Waals surface area contributed by atoms with Crippen molar-refractivity contribution in [3.8, 4) is 0 Å². The number of carbonyl (C=O) groups excluding carboxylic acids is 1. The van der Waals surface area contributed by atoms with Crippen LogP contribution < -0.4 is 9.97 Å². The molecule has 0 saturated carbocycles. The molecular formula is C44H63N5NiO7P2. The van der Waals surface area contributed by atoms with Crippen LogP contribution in [0.4, 0.5) is 0 Å². The van der Waals surface area contributed by atoms with Crippen LogP contribution in [0.2, 0.25) is 0 Å². The topological polar surface area (TPSA) is 145 Å². The molecule has 0 spiro atoms. The molecule has 0 aromatic carbocycles. The monoisotopic (exact) mass is 893 g/mol. The van der Waals surface area contributed by atoms with Crippen LogP contribution in [0, 0.1) is 13.8 Å². The molecule has 59 heavy (non-hydrogen) atoms. The predicted molar refractivity (Wildman–Crippen MR) is 234 cm³/mol. The maximum Gasteiger partial charge on any atom is 2.00 e. The summed E-state index contributed by atoms with van der Waals surface area (Å²) >= 11 is 0. The van der Waals surface area contributed by atoms with Gasteiger partial charge in [-0.1, -0.05) is 60.9 Å². The molecule has 5 rings (SSSR count). The Balaban J connectivity index is 0.00000769. The summed E-state index contributed by atoms with van der Waals surface area (Å²) in [6, 6.07) is 10.3. The van der Waals surface area contributed by atoms with Gasteiger partial charge >= 0.3 is 31.7 Å². The molecule has 5 heterocycles. The van der Waals surface area contributed by atoms with Crippen LogP contribution in [0.5, 0.6) is 0 Å². The van der Waals surface area contributed by atoms with Crippen molar-refractivity contribution < 1.29 is 48.5 Å². The van der Waals surface area contributed by atoms with E-state index in [-0.39, 0.29) is 47.1 Å². The molecule has 3 aromatic rings. The minimum atomic E-state index is -3.27. The molecule has 2 atom stereocenters. The van der Waals surface area contributed by atoms with Crippen molar-refractivity contribution in [1.82, 2.24) is 24.8 Å². The van der Waals surface area contributed by atoms with E-state index in [0.717, 1.165) is 79.1 Å². The Labute approximate surface area is 361 Å². The Morgan fingerprint density at radius 2 is 1.36 bits per heavy atom. The van der Waals surface area contributed by atoms with Gasteiger partial charge in [-0.25, -0.2) is 4.98 Å². The van der Waals surface area contributed by atoms with Crippen LogP contribution in [-0.2, 0) is 60.3 Å². The third-order valence-electron chi connectivity index (χ3n) is 11.3. The average Bonchev–Trinajstić information content (AvgIpc) is 3.82. The van der Waals surface area contributed by atoms with Crippen molar-refractivity contribution in [3.63, 3.8) is 0 Å². The smallest absolute Gasteiger partial charge is 0.658 e. The number of carbonyl (C=O) groups is 1. The van der Waals surface area contributed by atoms with Crippen LogP contribution in [0.1, 0.15) is 126 Å². The van der Waals surface area contributed by atoms with E-state index in [1.807, 2.05) is 39.8 Å². The van der Waals surface area contributed by atoms with Crippen LogP contribution in [0.25, 0.3) is 33.2 Å². The first-order chi connectivity index (χ1) is 27.5. The number of amides is 1. The Morgan fingerprint density at radius 3 is 1.92 bits per heavy atom. The number of aryl methyl sites for hydroxylation is 3. The predicted octanol–water partition coefficient (Wildman–Crippen LogP) is 10.3. The second-order valence-electron chi connectivity index (χ2n) is 15.6. The van der Waals surface area contributed by atoms with Gasteiger partial charge in [0.25, 0.3) is 0 Å². The van der Waals surface area contributed by atoms with Gasteiger partial charge in [0.1, 0.15) is 0 Å². The maximum atomic E-state index is 13.5. The molecule has 1 amide bonds. The minimum Gasteiger partial charge on any atom is -0.658 e. The molecule has 2 aliphatic rings. The Hall–Kier alpha value is -2.88. The third-order valence-corrected chi connectivity index (χ3v) is 15.6. The third kappa shape index (κ3) is 11.1. The Kier molecular flexibility index (Phi) is 17.2. The number of rotatable bonds is 19. The van der Waals surface area contributed by atoms with Gasteiger partial charge in [0, 0.05) is 43.2 Å². The standard InChI is InChI=1S/C44H63N5O7P2.Ni/c1-12-35-41-25-36-29(6)23-32(45-36)24-37-30(7)33(19-17-21-57(51,53-13-2)54-14-3)39(46-37)26-40-34(20-18-22-58(52,55-15-4)56-16-5)31(8)38(47-40)27-42(48-41)44(35,9)28-43(50)49(10)11;/h23-27,35H,12-22,28H2,1-11H3;/q-2;+2. The molecule has 0 N–H and O–H groups in total. The van der Waals surface area contributed by atoms with Crippen molar-refractivity contribution in [2.45, 2.75) is 112 Å². The number of allylic oxidation sites excluding steroid dienone is 2. The number of hydrogen-bond acceptors (Lipinski definition) is 9. The largest absolute Gasteiger partial charge is 2.00 e. The first-order valence-electron chi connectivity index (χ1n) is 20.8. The van der Waals surface area contributed by atoms with Gasteiger partial charge < -0.3 is 33.0 Å². The van der Waals surface area contributed by atoms with Gasteiger partial charge in [-0.15, -0.1) is 22.1 Å². The first-order valence-corrected chi connectivity index (χ1v) is 24.3. The molecule has 0 radical (unpaired) electrons. The van der Waals surface area contributed by atoms with Crippen LogP contribution in [-0.4, -0.2) is 73.6 Å². The van der Waals surface area contributed by atoms with Crippen molar-refractivity contribution in [2.75, 3.05) is 52.8 Å². The normalized spacial score (nSPS) is 17.0. The number of aromatic nitrogens is 4. The zero-order valence-electron chi connectivity index (χ0n) is 36.8. The second kappa shape index (κ2) is 20.8. The van der Waals surface area contributed by atoms with Gasteiger partial charge in [0.05, 0.1) is 50.1 Å². The maximum absolute atomic E-state index is 13.5. The molecule has 12 nitrogen and oxygen atoms in total. The fraction of sp³-hybridized carbons (Fsp3) is 0.568. The summed E-state index contributed by atoms with van der Waals surface area (Å²) in [5.41, 5.74) is 10.9. The molecule has 0 aliphatic carbocycles. The van der Waals surface area contributed by atoms with E-state index in [1.54, 1.807) is 19.0 Å². The molecule has 326 valence electrons. The SMILES string of the molecule is CCOP(=O)(CCCC1=C(C)c2cc3cc(C)c(cc4nc(cc5[n-]c(cc1n2)c(CCCP(=O)(OCC)OCC)c5C)C(C)(CC(=O)N(C)C)C4CC)[n-]3)OCC.[Ni+2]. The quantitative estimate of drug-likeness (QED) is 0.0837. The summed E-state index contributed by atoms with van der Waals surface area (Å²) in [6.07, 6.45) is 3.93. The van der Waals surface area contributed by atoms with E-state index in [2.05, 4.69) is 52.8 Å². The summed E-state index contributed by atoms with van der Waals surface area (Å²) in [4.78, 5) is 36.0. The van der Waals surface area contributed by atoms with E-state index in [0.29, 0.717) is 52.1 Å². The van der Waals surface area contributed by atoms with Gasteiger partial charge in [-0.3, -0.25) is 18.9 Å². The molecular weight excluding hydrogens is 831 g/mol. The summed E-state index contributed by atoms with van der Waals surface area (Å²) in [6.45, 7) is 19.0. The summed E-state index contributed by atoms with van der Waals surface area (Å²) in [5.74, 6) is 0.00146. The van der Waals surface area contributed by atoms with Crippen molar-refractivity contribution in [3.05, 3.63) is 69.8 Å².